The lowest BCUT2D eigenvalue weighted by Gasteiger charge is -2.32. The standard InChI is InChI=1S/C30H37N7O5/c1-4-40-26-14-21(15-27(41-5-2)29(26)37-10-6-7-11-37)19-36-12-8-23(9-13-36)31-30(38)22-16-24(39-3)18-25(17-22)42-20-28-32-34-35-33-28/h6-7,10-11,14-18,23H,4-5,8-9,12-13,19-20H2,1-3H3,(H,31,38)(H,32,33,34,35). The van der Waals surface area contributed by atoms with Gasteiger partial charge in [-0.25, -0.2) is 0 Å². The predicted octanol–water partition coefficient (Wildman–Crippen LogP) is 3.77. The highest BCUT2D eigenvalue weighted by atomic mass is 16.5. The normalized spacial score (nSPS) is 14.0. The van der Waals surface area contributed by atoms with Crippen LogP contribution in [0.25, 0.3) is 5.69 Å². The van der Waals surface area contributed by atoms with Gasteiger partial charge in [0.15, 0.2) is 6.61 Å². The van der Waals surface area contributed by atoms with Gasteiger partial charge in [0.1, 0.15) is 28.7 Å². The Morgan fingerprint density at radius 2 is 1.67 bits per heavy atom. The minimum Gasteiger partial charge on any atom is -0.497 e. The third-order valence-corrected chi connectivity index (χ3v) is 7.03. The topological polar surface area (TPSA) is 129 Å². The number of piperidine rings is 1. The largest absolute Gasteiger partial charge is 0.497 e. The fourth-order valence-corrected chi connectivity index (χ4v) is 5.05. The molecule has 5 rings (SSSR count). The number of hydrogen-bond acceptors (Lipinski definition) is 9. The first-order valence-corrected chi connectivity index (χ1v) is 14.2. The number of aromatic amines is 1. The molecule has 42 heavy (non-hydrogen) atoms. The molecule has 0 aliphatic carbocycles. The lowest BCUT2D eigenvalue weighted by Crippen LogP contribution is -2.44. The highest BCUT2D eigenvalue weighted by molar-refractivity contribution is 5.95. The summed E-state index contributed by atoms with van der Waals surface area (Å²) in [6, 6.07) is 13.4. The average molecular weight is 576 g/mol. The van der Waals surface area contributed by atoms with Crippen molar-refractivity contribution >= 4 is 5.91 Å². The van der Waals surface area contributed by atoms with Crippen molar-refractivity contribution in [3.05, 3.63) is 71.8 Å². The summed E-state index contributed by atoms with van der Waals surface area (Å²) in [4.78, 5) is 15.6. The highest BCUT2D eigenvalue weighted by Gasteiger charge is 2.23. The van der Waals surface area contributed by atoms with Crippen LogP contribution in [0.1, 0.15) is 48.4 Å². The zero-order valence-corrected chi connectivity index (χ0v) is 24.2. The number of amides is 1. The molecule has 0 unspecified atom stereocenters. The maximum atomic E-state index is 13.2. The maximum Gasteiger partial charge on any atom is 0.251 e. The first kappa shape index (κ1) is 28.9. The van der Waals surface area contributed by atoms with Gasteiger partial charge in [0.25, 0.3) is 5.91 Å². The zero-order valence-electron chi connectivity index (χ0n) is 24.2. The molecule has 0 spiro atoms. The molecule has 1 aliphatic heterocycles. The van der Waals surface area contributed by atoms with Crippen LogP contribution in [0, 0.1) is 0 Å². The Balaban J connectivity index is 1.20. The number of tetrazole rings is 1. The lowest BCUT2D eigenvalue weighted by atomic mass is 10.0. The number of carbonyl (C=O) groups is 1. The molecular formula is C30H37N7O5. The number of nitrogens with one attached hydrogen (secondary N) is 2. The first-order valence-electron chi connectivity index (χ1n) is 14.2. The van der Waals surface area contributed by atoms with E-state index in [4.69, 9.17) is 18.9 Å². The maximum absolute atomic E-state index is 13.2. The average Bonchev–Trinajstić information content (AvgIpc) is 3.72. The Morgan fingerprint density at radius 3 is 2.29 bits per heavy atom. The smallest absolute Gasteiger partial charge is 0.251 e. The molecule has 1 aliphatic rings. The Labute approximate surface area is 244 Å². The van der Waals surface area contributed by atoms with Crippen molar-refractivity contribution in [1.29, 1.82) is 0 Å². The van der Waals surface area contributed by atoms with Gasteiger partial charge in [-0.2, -0.15) is 5.21 Å². The fraction of sp³-hybridized carbons (Fsp3) is 0.400. The molecule has 2 N–H and O–H groups in total. The van der Waals surface area contributed by atoms with E-state index >= 15 is 0 Å². The number of rotatable bonds is 13. The van der Waals surface area contributed by atoms with E-state index in [1.54, 1.807) is 25.3 Å². The zero-order chi connectivity index (χ0) is 29.3. The van der Waals surface area contributed by atoms with E-state index < -0.39 is 0 Å². The molecule has 12 nitrogen and oxygen atoms in total. The van der Waals surface area contributed by atoms with E-state index in [0.717, 1.165) is 55.2 Å². The number of benzene rings is 2. The van der Waals surface area contributed by atoms with Gasteiger partial charge >= 0.3 is 0 Å². The minimum absolute atomic E-state index is 0.0674. The summed E-state index contributed by atoms with van der Waals surface area (Å²) >= 11 is 0. The highest BCUT2D eigenvalue weighted by Crippen LogP contribution is 2.35. The van der Waals surface area contributed by atoms with Crippen LogP contribution in [-0.2, 0) is 13.2 Å². The predicted molar refractivity (Wildman–Crippen MR) is 155 cm³/mol. The fourth-order valence-electron chi connectivity index (χ4n) is 5.05. The number of nitrogens with zero attached hydrogens (tertiary/aromatic N) is 5. The molecule has 2 aromatic carbocycles. The number of carbonyl (C=O) groups excluding carboxylic acids is 1. The van der Waals surface area contributed by atoms with Crippen molar-refractivity contribution in [1.82, 2.24) is 35.4 Å². The lowest BCUT2D eigenvalue weighted by molar-refractivity contribution is 0.0908. The summed E-state index contributed by atoms with van der Waals surface area (Å²) < 4.78 is 25.2. The van der Waals surface area contributed by atoms with Crippen molar-refractivity contribution in [2.75, 3.05) is 33.4 Å². The minimum atomic E-state index is -0.167. The van der Waals surface area contributed by atoms with Crippen LogP contribution in [0.15, 0.2) is 54.9 Å². The van der Waals surface area contributed by atoms with Gasteiger partial charge in [0.2, 0.25) is 5.82 Å². The second-order valence-electron chi connectivity index (χ2n) is 9.93. The third-order valence-electron chi connectivity index (χ3n) is 7.03. The molecule has 0 saturated carbocycles. The van der Waals surface area contributed by atoms with Crippen LogP contribution in [0.5, 0.6) is 23.0 Å². The van der Waals surface area contributed by atoms with Gasteiger partial charge in [-0.3, -0.25) is 9.69 Å². The summed E-state index contributed by atoms with van der Waals surface area (Å²) in [5.41, 5.74) is 2.51. The van der Waals surface area contributed by atoms with Gasteiger partial charge in [-0.15, -0.1) is 10.2 Å². The number of H-pyrrole nitrogens is 1. The number of aromatic nitrogens is 5. The van der Waals surface area contributed by atoms with E-state index in [1.165, 1.54) is 0 Å². The third kappa shape index (κ3) is 7.19. The van der Waals surface area contributed by atoms with Crippen molar-refractivity contribution in [3.8, 4) is 28.7 Å². The molecule has 1 saturated heterocycles. The van der Waals surface area contributed by atoms with Crippen molar-refractivity contribution in [2.24, 2.45) is 0 Å². The molecule has 222 valence electrons. The number of likely N-dealkylation sites (tertiary alicyclic amines) is 1. The number of methoxy groups -OCH3 is 1. The molecule has 0 atom stereocenters. The van der Waals surface area contributed by atoms with Gasteiger partial charge in [0.05, 0.1) is 20.3 Å². The van der Waals surface area contributed by atoms with Gasteiger partial charge in [-0.1, -0.05) is 5.21 Å². The van der Waals surface area contributed by atoms with E-state index in [2.05, 4.69) is 43.0 Å². The number of ether oxygens (including phenoxy) is 4. The second kappa shape index (κ2) is 13.9. The molecule has 12 heteroatoms. The van der Waals surface area contributed by atoms with Gasteiger partial charge < -0.3 is 28.8 Å². The van der Waals surface area contributed by atoms with Crippen molar-refractivity contribution < 1.29 is 23.7 Å². The quantitative estimate of drug-likeness (QED) is 0.245. The van der Waals surface area contributed by atoms with E-state index in [-0.39, 0.29) is 18.6 Å². The summed E-state index contributed by atoms with van der Waals surface area (Å²) in [6.45, 7) is 7.70. The van der Waals surface area contributed by atoms with Crippen LogP contribution < -0.4 is 24.3 Å². The van der Waals surface area contributed by atoms with Crippen molar-refractivity contribution in [3.63, 3.8) is 0 Å². The van der Waals surface area contributed by atoms with Crippen LogP contribution in [-0.4, -0.2) is 75.5 Å². The Kier molecular flexibility index (Phi) is 9.55. The van der Waals surface area contributed by atoms with Gasteiger partial charge in [-0.05, 0) is 68.7 Å². The first-order chi connectivity index (χ1) is 20.6. The SMILES string of the molecule is CCOc1cc(CN2CCC(NC(=O)c3cc(OC)cc(OCc4nn[nH]n4)c3)CC2)cc(OCC)c1-n1cccc1. The molecule has 3 heterocycles. The van der Waals surface area contributed by atoms with Crippen LogP contribution in [0.2, 0.25) is 0 Å². The monoisotopic (exact) mass is 575 g/mol. The molecule has 2 aromatic heterocycles. The van der Waals surface area contributed by atoms with E-state index in [9.17, 15) is 4.79 Å². The molecule has 0 radical (unpaired) electrons. The molecular weight excluding hydrogens is 538 g/mol. The Morgan fingerprint density at radius 1 is 0.976 bits per heavy atom. The summed E-state index contributed by atoms with van der Waals surface area (Å²) in [7, 11) is 1.55. The second-order valence-corrected chi connectivity index (χ2v) is 9.93. The summed E-state index contributed by atoms with van der Waals surface area (Å²) in [6.07, 6.45) is 5.67. The summed E-state index contributed by atoms with van der Waals surface area (Å²) in [5, 5.41) is 16.9. The molecule has 4 aromatic rings. The molecule has 1 fully saturated rings. The van der Waals surface area contributed by atoms with Crippen LogP contribution in [0.4, 0.5) is 0 Å². The van der Waals surface area contributed by atoms with Crippen LogP contribution >= 0.6 is 0 Å². The summed E-state index contributed by atoms with van der Waals surface area (Å²) in [5.74, 6) is 2.86. The Bertz CT molecular complexity index is 1410. The van der Waals surface area contributed by atoms with Crippen LogP contribution in [0.3, 0.4) is 0 Å². The van der Waals surface area contributed by atoms with Crippen molar-refractivity contribution in [2.45, 2.75) is 45.9 Å². The number of hydrogen-bond donors (Lipinski definition) is 2. The van der Waals surface area contributed by atoms with Gasteiger partial charge in [0, 0.05) is 49.7 Å². The molecule has 0 bridgehead atoms. The van der Waals surface area contributed by atoms with E-state index in [0.29, 0.717) is 36.1 Å². The molecule has 1 amide bonds. The van der Waals surface area contributed by atoms with E-state index in [1.807, 2.05) is 42.9 Å². The Hall–Kier alpha value is -4.58.